The van der Waals surface area contributed by atoms with E-state index in [1.54, 1.807) is 0 Å². The molecule has 0 bridgehead atoms. The smallest absolute Gasteiger partial charge is 0.0783 e. The Morgan fingerprint density at radius 2 is 0.426 bits per heavy atom. The van der Waals surface area contributed by atoms with Gasteiger partial charge < -0.3 is 43.2 Å². The fourth-order valence-electron chi connectivity index (χ4n) is 8.69. The minimum atomic E-state index is -1.68. The zero-order chi connectivity index (χ0) is 42.1. The largest absolute Gasteiger partial charge is 0.545 e. The maximum absolute atomic E-state index is 10.4. The predicted molar refractivity (Wildman–Crippen MR) is 222 cm³/mol. The van der Waals surface area contributed by atoms with Crippen LogP contribution in [0.3, 0.4) is 0 Å². The third-order valence-electron chi connectivity index (χ3n) is 10.0. The van der Waals surface area contributed by atoms with Gasteiger partial charge in [-0.05, 0) is 112 Å². The topological polar surface area (TPSA) is 120 Å². The number of aromatic carboxylic acids is 3. The second-order valence-corrected chi connectivity index (χ2v) is 15.4. The van der Waals surface area contributed by atoms with Crippen molar-refractivity contribution in [1.29, 1.82) is 0 Å². The van der Waals surface area contributed by atoms with Crippen LogP contribution in [0.2, 0.25) is 0 Å². The van der Waals surface area contributed by atoms with Crippen molar-refractivity contribution in [2.75, 3.05) is 78.5 Å². The number of carbonyl (C=O) groups excluding carboxylic acids is 3. The first-order valence-corrected chi connectivity index (χ1v) is 22.0. The van der Waals surface area contributed by atoms with Crippen LogP contribution < -0.4 is 15.3 Å². The molecule has 1 rings (SSSR count). The third kappa shape index (κ3) is 24.1. The molecule has 0 aromatic heterocycles. The highest BCUT2D eigenvalue weighted by Crippen LogP contribution is 2.15. The van der Waals surface area contributed by atoms with Crippen molar-refractivity contribution in [2.45, 2.75) is 160 Å². The summed E-state index contributed by atoms with van der Waals surface area (Å²) in [6, 6.07) is 2.24. The number of carbonyl (C=O) groups is 3. The maximum Gasteiger partial charge on any atom is 0.0783 e. The van der Waals surface area contributed by atoms with E-state index in [0.717, 1.165) is 18.2 Å². The maximum atomic E-state index is 10.4. The fraction of sp³-hybridized carbons (Fsp3) is 0.800. The SMILES string of the molecule is CCC[N+](CCC)(CCC)CCC.CCC[N+](CCC)(CCC)CCC.CCC[N+](CCC)(CCC)CCC.O=C([O-])c1cc(C(=O)[O-])cc(C(=O)[O-])c1. The van der Waals surface area contributed by atoms with Gasteiger partial charge in [-0.15, -0.1) is 0 Å². The Morgan fingerprint density at radius 3 is 0.500 bits per heavy atom. The third-order valence-corrected chi connectivity index (χ3v) is 10.0. The number of quaternary nitrogens is 3. The lowest BCUT2D eigenvalue weighted by Crippen LogP contribution is -2.50. The highest BCUT2D eigenvalue weighted by molar-refractivity contribution is 5.97. The number of benzene rings is 1. The number of carboxylic acids is 3. The first-order valence-electron chi connectivity index (χ1n) is 22.0. The number of rotatable bonds is 27. The van der Waals surface area contributed by atoms with Crippen molar-refractivity contribution in [3.8, 4) is 0 Å². The molecule has 0 saturated carbocycles. The molecule has 9 nitrogen and oxygen atoms in total. The van der Waals surface area contributed by atoms with E-state index < -0.39 is 34.6 Å². The van der Waals surface area contributed by atoms with Gasteiger partial charge in [-0.3, -0.25) is 0 Å². The zero-order valence-corrected chi connectivity index (χ0v) is 37.5. The Morgan fingerprint density at radius 1 is 0.315 bits per heavy atom. The van der Waals surface area contributed by atoms with Gasteiger partial charge >= 0.3 is 0 Å². The van der Waals surface area contributed by atoms with Gasteiger partial charge in [0.05, 0.1) is 96.4 Å². The van der Waals surface area contributed by atoms with Gasteiger partial charge in [0.15, 0.2) is 0 Å². The Hall–Kier alpha value is -2.49. The van der Waals surface area contributed by atoms with Crippen LogP contribution in [-0.4, -0.2) is 110 Å². The van der Waals surface area contributed by atoms with Crippen molar-refractivity contribution in [2.24, 2.45) is 0 Å². The second kappa shape index (κ2) is 33.8. The lowest BCUT2D eigenvalue weighted by Gasteiger charge is -2.38. The number of carboxylic acid groups (broad SMARTS) is 3. The Balaban J connectivity index is -0.000000644. The number of hydrogen-bond donors (Lipinski definition) is 0. The average Bonchev–Trinajstić information content (AvgIpc) is 3.10. The molecule has 1 aromatic rings. The monoisotopic (exact) mass is 766 g/mol. The molecule has 0 aliphatic rings. The van der Waals surface area contributed by atoms with Crippen LogP contribution in [0.25, 0.3) is 0 Å². The average molecular weight is 766 g/mol. The number of hydrogen-bond acceptors (Lipinski definition) is 6. The van der Waals surface area contributed by atoms with Gasteiger partial charge in [-0.1, -0.05) is 83.1 Å². The van der Waals surface area contributed by atoms with Gasteiger partial charge in [-0.25, -0.2) is 0 Å². The predicted octanol–water partition coefficient (Wildman–Crippen LogP) is 7.11. The van der Waals surface area contributed by atoms with E-state index in [2.05, 4.69) is 83.1 Å². The first kappa shape index (κ1) is 55.8. The van der Waals surface area contributed by atoms with E-state index >= 15 is 0 Å². The molecular weight excluding hydrogens is 679 g/mol. The molecule has 0 aliphatic heterocycles. The van der Waals surface area contributed by atoms with E-state index in [1.165, 1.54) is 169 Å². The van der Waals surface area contributed by atoms with Crippen molar-refractivity contribution in [3.63, 3.8) is 0 Å². The molecule has 0 aliphatic carbocycles. The lowest BCUT2D eigenvalue weighted by atomic mass is 10.1. The Labute approximate surface area is 333 Å². The molecular formula is C45H87N3O6. The summed E-state index contributed by atoms with van der Waals surface area (Å²) in [6.07, 6.45) is 16.0. The summed E-state index contributed by atoms with van der Waals surface area (Å²) in [5, 5.41) is 31.2. The standard InChI is InChI=1S/3C12H28N.C9H6O6/c3*1-5-9-13(10-6-2,11-7-3)12-8-4;10-7(11)4-1-5(8(12)13)3-6(2-4)9(14)15/h3*5-12H2,1-4H3;1-3H,(H,10,11)(H,12,13)(H,14,15)/q3*+1;/p-3. The zero-order valence-electron chi connectivity index (χ0n) is 37.5. The van der Waals surface area contributed by atoms with Gasteiger partial charge in [0.25, 0.3) is 0 Å². The summed E-state index contributed by atoms with van der Waals surface area (Å²) in [7, 11) is 0. The molecule has 0 saturated heterocycles. The Bertz CT molecular complexity index is 859. The van der Waals surface area contributed by atoms with E-state index in [-0.39, 0.29) is 0 Å². The van der Waals surface area contributed by atoms with Crippen LogP contribution in [-0.2, 0) is 0 Å². The fourth-order valence-corrected chi connectivity index (χ4v) is 8.69. The van der Waals surface area contributed by atoms with Crippen molar-refractivity contribution in [1.82, 2.24) is 0 Å². The van der Waals surface area contributed by atoms with Gasteiger partial charge in [-0.2, -0.15) is 0 Å². The molecule has 54 heavy (non-hydrogen) atoms. The van der Waals surface area contributed by atoms with E-state index in [4.69, 9.17) is 0 Å². The lowest BCUT2D eigenvalue weighted by molar-refractivity contribution is -0.928. The molecule has 0 atom stereocenters. The summed E-state index contributed by atoms with van der Waals surface area (Å²) in [5.41, 5.74) is -1.68. The minimum absolute atomic E-state index is 0.559. The second-order valence-electron chi connectivity index (χ2n) is 15.4. The molecule has 1 aromatic carbocycles. The molecule has 0 N–H and O–H groups in total. The molecule has 318 valence electrons. The normalized spacial score (nSPS) is 11.3. The van der Waals surface area contributed by atoms with Crippen LogP contribution in [0.15, 0.2) is 18.2 Å². The van der Waals surface area contributed by atoms with Crippen LogP contribution >= 0.6 is 0 Å². The van der Waals surface area contributed by atoms with E-state index in [1.807, 2.05) is 0 Å². The van der Waals surface area contributed by atoms with Crippen LogP contribution in [0.5, 0.6) is 0 Å². The molecule has 0 heterocycles. The van der Waals surface area contributed by atoms with Gasteiger partial charge in [0.2, 0.25) is 0 Å². The molecule has 9 heteroatoms. The highest BCUT2D eigenvalue weighted by Gasteiger charge is 2.24. The molecule has 0 fully saturated rings. The quantitative estimate of drug-likeness (QED) is 0.0882. The van der Waals surface area contributed by atoms with Crippen LogP contribution in [0, 0.1) is 0 Å². The molecule has 0 radical (unpaired) electrons. The summed E-state index contributed by atoms with van der Waals surface area (Å²) < 4.78 is 4.12. The van der Waals surface area contributed by atoms with E-state index in [9.17, 15) is 29.7 Å². The van der Waals surface area contributed by atoms with Crippen molar-refractivity contribution >= 4 is 17.9 Å². The number of nitrogens with zero attached hydrogens (tertiary/aromatic N) is 3. The molecule has 0 amide bonds. The Kier molecular flexibility index (Phi) is 35.0. The van der Waals surface area contributed by atoms with Crippen LogP contribution in [0.1, 0.15) is 191 Å². The van der Waals surface area contributed by atoms with Gasteiger partial charge in [0, 0.05) is 0 Å². The minimum Gasteiger partial charge on any atom is -0.545 e. The van der Waals surface area contributed by atoms with Crippen molar-refractivity contribution in [3.05, 3.63) is 34.9 Å². The van der Waals surface area contributed by atoms with Crippen molar-refractivity contribution < 1.29 is 43.2 Å². The summed E-state index contributed by atoms with van der Waals surface area (Å²) in [5.74, 6) is -5.04. The van der Waals surface area contributed by atoms with Gasteiger partial charge in [0.1, 0.15) is 0 Å². The summed E-state index contributed by atoms with van der Waals surface area (Å²) >= 11 is 0. The highest BCUT2D eigenvalue weighted by atomic mass is 16.4. The van der Waals surface area contributed by atoms with Crippen LogP contribution in [0.4, 0.5) is 0 Å². The summed E-state index contributed by atoms with van der Waals surface area (Å²) in [4.78, 5) is 31.2. The summed E-state index contributed by atoms with van der Waals surface area (Å²) in [6.45, 7) is 44.4. The molecule has 0 spiro atoms. The molecule has 0 unspecified atom stereocenters. The van der Waals surface area contributed by atoms with E-state index in [0.29, 0.717) is 0 Å². The first-order chi connectivity index (χ1) is 25.6.